The SMILES string of the molecule is C=C[C]12[CH]3[CH]4[CH]5[C]1(c1ccccc1)[Fe]43521678[CH]2[CH]1[CH]6[CH]7[CH]28. The minimum absolute atomic E-state index is 0.799. The summed E-state index contributed by atoms with van der Waals surface area (Å²) in [5, 5.41) is 0. The Morgan fingerprint density at radius 1 is 0.895 bits per heavy atom. The Labute approximate surface area is 102 Å². The van der Waals surface area contributed by atoms with Gasteiger partial charge >= 0.3 is 102 Å². The fraction of sp³-hybridized carbons (Fsp3) is 0.556. The van der Waals surface area contributed by atoms with Gasteiger partial charge in [-0.25, -0.2) is 0 Å². The van der Waals surface area contributed by atoms with Crippen molar-refractivity contribution in [2.75, 3.05) is 0 Å². The number of hydrogen-bond acceptors (Lipinski definition) is 0. The van der Waals surface area contributed by atoms with E-state index in [4.69, 9.17) is 0 Å². The molecule has 1 aromatic carbocycles. The zero-order valence-electron chi connectivity index (χ0n) is 10.6. The monoisotopic (exact) mass is 288 g/mol. The Kier molecular flexibility index (Phi) is 0.217. The third kappa shape index (κ3) is 0.0707. The van der Waals surface area contributed by atoms with Gasteiger partial charge in [0.05, 0.1) is 0 Å². The van der Waals surface area contributed by atoms with E-state index in [0.717, 1.165) is 8.63 Å². The molecule has 0 saturated carbocycles. The molecule has 10 saturated heterocycles. The fourth-order valence-corrected chi connectivity index (χ4v) is 94.8. The molecule has 1 aromatic rings. The molecule has 5 unspecified atom stereocenters. The Morgan fingerprint density at radius 3 is 1.95 bits per heavy atom. The van der Waals surface area contributed by atoms with Crippen molar-refractivity contribution in [3.8, 4) is 0 Å². The minimum atomic E-state index is -3.15. The van der Waals surface area contributed by atoms with Crippen LogP contribution in [0.5, 0.6) is 0 Å². The van der Waals surface area contributed by atoms with E-state index in [-0.39, 0.29) is 0 Å². The second kappa shape index (κ2) is 0.593. The van der Waals surface area contributed by atoms with Gasteiger partial charge in [-0.15, -0.1) is 0 Å². The van der Waals surface area contributed by atoms with Crippen LogP contribution in [0.4, 0.5) is 0 Å². The Bertz CT molecular complexity index is 1180. The van der Waals surface area contributed by atoms with Crippen molar-refractivity contribution in [2.24, 2.45) is 0 Å². The number of fused-ring (bicyclic) bond motifs is 10. The molecule has 0 amide bonds. The molecule has 11 rings (SSSR count). The molecule has 96 valence electrons. The van der Waals surface area contributed by atoms with Gasteiger partial charge in [-0.1, -0.05) is 0 Å². The zero-order chi connectivity index (χ0) is 11.8. The molecule has 10 aliphatic heterocycles. The number of rotatable bonds is 2. The summed E-state index contributed by atoms with van der Waals surface area (Å²) in [5.41, 5.74) is 1.82. The topological polar surface area (TPSA) is 0 Å². The van der Waals surface area contributed by atoms with Crippen LogP contribution in [0, 0.1) is 0 Å². The van der Waals surface area contributed by atoms with Crippen LogP contribution < -0.4 is 0 Å². The molecule has 0 nitrogen and oxygen atoms in total. The molecule has 10 heterocycles. The van der Waals surface area contributed by atoms with Crippen molar-refractivity contribution in [1.29, 1.82) is 0 Å². The summed E-state index contributed by atoms with van der Waals surface area (Å²) in [4.78, 5) is 10.9. The molecule has 1 spiro atoms. The van der Waals surface area contributed by atoms with E-state index in [1.165, 1.54) is 38.5 Å². The average Bonchev–Trinajstić information content (AvgIpc) is 3.40. The van der Waals surface area contributed by atoms with E-state index < -0.39 is 6.51 Å². The second-order valence-corrected chi connectivity index (χ2v) is 34.6. The van der Waals surface area contributed by atoms with Crippen molar-refractivity contribution >= 4 is 0 Å². The first-order valence-electron chi connectivity index (χ1n) is 8.00. The molecule has 0 N–H and O–H groups in total. The van der Waals surface area contributed by atoms with Crippen LogP contribution in [0.3, 0.4) is 0 Å². The van der Waals surface area contributed by atoms with Crippen LogP contribution >= 0.6 is 0 Å². The van der Waals surface area contributed by atoms with Crippen molar-refractivity contribution < 1.29 is 6.51 Å². The number of hydrogen-bond donors (Lipinski definition) is 0. The van der Waals surface area contributed by atoms with Crippen LogP contribution in [-0.2, 0) is 10.8 Å². The molecular formula is C18H16Fe. The van der Waals surface area contributed by atoms with Gasteiger partial charge in [-0.05, 0) is 0 Å². The third-order valence-electron chi connectivity index (χ3n) is 16.5. The average molecular weight is 288 g/mol. The normalized spacial score (nSPS) is 111. The van der Waals surface area contributed by atoms with Crippen molar-refractivity contribution in [2.45, 2.75) is 47.2 Å². The molecule has 19 heavy (non-hydrogen) atoms. The van der Waals surface area contributed by atoms with Crippen LogP contribution in [-0.4, -0.2) is 0 Å². The Balaban J connectivity index is 1.63. The second-order valence-electron chi connectivity index (χ2n) is 11.4. The maximum absolute atomic E-state index is 4.46. The van der Waals surface area contributed by atoms with E-state index >= 15 is 0 Å². The summed E-state index contributed by atoms with van der Waals surface area (Å²) in [6, 6.07) is 11.9. The van der Waals surface area contributed by atoms with Gasteiger partial charge in [0.1, 0.15) is 0 Å². The van der Waals surface area contributed by atoms with Gasteiger partial charge in [-0.2, -0.15) is 0 Å². The number of allylic oxidation sites excluding steroid dienone is 1. The Hall–Kier alpha value is -0.521. The van der Waals surface area contributed by atoms with Gasteiger partial charge in [0.2, 0.25) is 0 Å². The quantitative estimate of drug-likeness (QED) is 0.528. The Morgan fingerprint density at radius 2 is 1.53 bits per heavy atom. The van der Waals surface area contributed by atoms with Crippen molar-refractivity contribution in [3.63, 3.8) is 0 Å². The van der Waals surface area contributed by atoms with Crippen molar-refractivity contribution in [1.82, 2.24) is 0 Å². The summed E-state index contributed by atoms with van der Waals surface area (Å²) >= 11 is 0. The first kappa shape index (κ1) is 6.96. The molecule has 0 aliphatic carbocycles. The number of benzene rings is 1. The van der Waals surface area contributed by atoms with E-state index in [0.29, 0.717) is 0 Å². The van der Waals surface area contributed by atoms with E-state index in [9.17, 15) is 0 Å². The summed E-state index contributed by atoms with van der Waals surface area (Å²) in [5.74, 6) is 0. The first-order chi connectivity index (χ1) is 9.10. The molecule has 0 bridgehead atoms. The summed E-state index contributed by atoms with van der Waals surface area (Å²) in [6.45, 7) is 1.31. The van der Waals surface area contributed by atoms with Crippen LogP contribution in [0.1, 0.15) is 5.56 Å². The standard InChI is InChI=1S/C13H11.C5H5.Fe/c1-2-11-9-6-10-13(11)12-7-4-3-5-8-12;1-2-4-5-3-1;/h2-10H,1H2;1-5H;. The fourth-order valence-electron chi connectivity index (χ4n) is 18.8. The molecule has 10 fully saturated rings. The first-order valence-corrected chi connectivity index (χ1v) is 14.2. The molecule has 1 heteroatoms. The van der Waals surface area contributed by atoms with Gasteiger partial charge in [0.15, 0.2) is 0 Å². The predicted molar refractivity (Wildman–Crippen MR) is 71.0 cm³/mol. The molecule has 0 radical (unpaired) electrons. The summed E-state index contributed by atoms with van der Waals surface area (Å²) in [6.07, 6.45) is 2.60. The zero-order valence-corrected chi connectivity index (χ0v) is 11.7. The summed E-state index contributed by atoms with van der Waals surface area (Å²) < 4.78 is 1.61. The van der Waals surface area contributed by atoms with E-state index in [1.807, 2.05) is 5.56 Å². The maximum atomic E-state index is 4.46. The predicted octanol–water partition coefficient (Wildman–Crippen LogP) is 5.04. The van der Waals surface area contributed by atoms with Gasteiger partial charge in [0, 0.05) is 0 Å². The molecule has 5 atom stereocenters. The van der Waals surface area contributed by atoms with Gasteiger partial charge in [-0.3, -0.25) is 0 Å². The van der Waals surface area contributed by atoms with E-state index in [1.54, 1.807) is 0 Å². The van der Waals surface area contributed by atoms with Crippen LogP contribution in [0.25, 0.3) is 0 Å². The molecule has 0 aromatic heterocycles. The summed E-state index contributed by atoms with van der Waals surface area (Å²) in [7, 11) is 0. The van der Waals surface area contributed by atoms with Gasteiger partial charge < -0.3 is 0 Å². The third-order valence-corrected chi connectivity index (χ3v) is 59.5. The van der Waals surface area contributed by atoms with E-state index in [2.05, 4.69) is 43.0 Å². The molecular weight excluding hydrogens is 272 g/mol. The van der Waals surface area contributed by atoms with Crippen molar-refractivity contribution in [3.05, 3.63) is 48.6 Å². The van der Waals surface area contributed by atoms with Gasteiger partial charge in [0.25, 0.3) is 0 Å². The van der Waals surface area contributed by atoms with Crippen LogP contribution in [0.15, 0.2) is 43.0 Å². The molecule has 10 aliphatic rings. The van der Waals surface area contributed by atoms with Crippen LogP contribution in [0.2, 0.25) is 42.8 Å².